The number of nitrogens with zero attached hydrogens (tertiary/aromatic N) is 3. The minimum absolute atomic E-state index is 0.0102. The highest BCUT2D eigenvalue weighted by Crippen LogP contribution is 2.35. The molecular weight excluding hydrogens is 483 g/mol. The summed E-state index contributed by atoms with van der Waals surface area (Å²) in [5.74, 6) is 1.58. The van der Waals surface area contributed by atoms with E-state index in [4.69, 9.17) is 21.1 Å². The molecule has 0 unspecified atom stereocenters. The van der Waals surface area contributed by atoms with Crippen molar-refractivity contribution in [3.05, 3.63) is 47.5 Å². The molecule has 0 bridgehead atoms. The number of ether oxygens (including phenoxy) is 2. The molecule has 1 aromatic heterocycles. The molecule has 0 spiro atoms. The smallest absolute Gasteiger partial charge is 0.162 e. The minimum Gasteiger partial charge on any atom is -0.493 e. The summed E-state index contributed by atoms with van der Waals surface area (Å²) in [6, 6.07) is 7.92. The molecule has 0 aliphatic carbocycles. The molecule has 1 saturated heterocycles. The van der Waals surface area contributed by atoms with Gasteiger partial charge in [0.25, 0.3) is 0 Å². The van der Waals surface area contributed by atoms with Gasteiger partial charge in [-0.3, -0.25) is 0 Å². The van der Waals surface area contributed by atoms with E-state index in [9.17, 15) is 12.8 Å². The Balaban J connectivity index is 1.46. The monoisotopic (exact) mass is 508 g/mol. The number of nitrogens with one attached hydrogen (secondary N) is 1. The maximum atomic E-state index is 13.5. The van der Waals surface area contributed by atoms with E-state index in [1.807, 2.05) is 0 Å². The Hall–Kier alpha value is -2.69. The normalized spacial score (nSPS) is 16.2. The molecule has 0 amide bonds. The Bertz CT molecular complexity index is 1280. The molecule has 4 rings (SSSR count). The van der Waals surface area contributed by atoms with E-state index in [0.717, 1.165) is 19.5 Å². The second kappa shape index (κ2) is 10.7. The van der Waals surface area contributed by atoms with Crippen molar-refractivity contribution in [3.8, 4) is 11.5 Å². The van der Waals surface area contributed by atoms with E-state index in [1.165, 1.54) is 18.5 Å². The standard InChI is InChI=1S/C23H26ClFN4O4S/c1-32-21-14-20-17(23(27-15-26-20)28-16-4-5-19(25)18(24)12-16)13-22(21)33-9-2-6-29-7-3-10-34(30,31)11-8-29/h4-5,12-15H,2-3,6-11H2,1H3,(H,26,27,28). The van der Waals surface area contributed by atoms with Crippen LogP contribution in [0.15, 0.2) is 36.7 Å². The SMILES string of the molecule is COc1cc2ncnc(Nc3ccc(F)c(Cl)c3)c2cc1OCCCN1CCCS(=O)(=O)CC1. The molecule has 2 aromatic carbocycles. The maximum Gasteiger partial charge on any atom is 0.162 e. The van der Waals surface area contributed by atoms with Crippen LogP contribution in [0, 0.1) is 5.82 Å². The first-order valence-electron chi connectivity index (χ1n) is 10.9. The summed E-state index contributed by atoms with van der Waals surface area (Å²) < 4.78 is 48.6. The molecular formula is C23H26ClFN4O4S. The van der Waals surface area contributed by atoms with Gasteiger partial charge in [-0.05, 0) is 43.7 Å². The van der Waals surface area contributed by atoms with Crippen LogP contribution >= 0.6 is 11.6 Å². The highest BCUT2D eigenvalue weighted by atomic mass is 35.5. The van der Waals surface area contributed by atoms with E-state index in [0.29, 0.717) is 53.5 Å². The molecule has 1 fully saturated rings. The van der Waals surface area contributed by atoms with Gasteiger partial charge in [0.05, 0.1) is 35.8 Å². The van der Waals surface area contributed by atoms with Crippen molar-refractivity contribution in [3.63, 3.8) is 0 Å². The number of anilines is 2. The van der Waals surface area contributed by atoms with Gasteiger partial charge >= 0.3 is 0 Å². The summed E-state index contributed by atoms with van der Waals surface area (Å²) in [5, 5.41) is 3.86. The second-order valence-electron chi connectivity index (χ2n) is 8.05. The molecule has 0 saturated carbocycles. The lowest BCUT2D eigenvalue weighted by Crippen LogP contribution is -2.29. The number of hydrogen-bond acceptors (Lipinski definition) is 8. The van der Waals surface area contributed by atoms with Crippen molar-refractivity contribution in [1.29, 1.82) is 0 Å². The molecule has 34 heavy (non-hydrogen) atoms. The lowest BCUT2D eigenvalue weighted by molar-refractivity contribution is 0.239. The molecule has 8 nitrogen and oxygen atoms in total. The van der Waals surface area contributed by atoms with Crippen LogP contribution in [-0.2, 0) is 9.84 Å². The van der Waals surface area contributed by atoms with Gasteiger partial charge in [0.1, 0.15) is 18.0 Å². The fourth-order valence-electron chi connectivity index (χ4n) is 3.83. The topological polar surface area (TPSA) is 93.7 Å². The Morgan fingerprint density at radius 1 is 1.15 bits per heavy atom. The maximum absolute atomic E-state index is 13.5. The first kappa shape index (κ1) is 24.4. The lowest BCUT2D eigenvalue weighted by atomic mass is 10.2. The van der Waals surface area contributed by atoms with Gasteiger partial charge in [-0.2, -0.15) is 0 Å². The molecule has 11 heteroatoms. The molecule has 1 aliphatic rings. The zero-order chi connectivity index (χ0) is 24.1. The van der Waals surface area contributed by atoms with E-state index in [2.05, 4.69) is 20.2 Å². The molecule has 0 atom stereocenters. The van der Waals surface area contributed by atoms with Gasteiger partial charge in [0.2, 0.25) is 0 Å². The van der Waals surface area contributed by atoms with Crippen molar-refractivity contribution < 1.29 is 22.3 Å². The third kappa shape index (κ3) is 6.05. The Morgan fingerprint density at radius 2 is 2.00 bits per heavy atom. The minimum atomic E-state index is -2.92. The van der Waals surface area contributed by atoms with Crippen LogP contribution in [0.25, 0.3) is 10.9 Å². The Morgan fingerprint density at radius 3 is 2.79 bits per heavy atom. The second-order valence-corrected chi connectivity index (χ2v) is 10.8. The summed E-state index contributed by atoms with van der Waals surface area (Å²) in [5.41, 5.74) is 1.24. The number of methoxy groups -OCH3 is 1. The third-order valence-electron chi connectivity index (χ3n) is 5.63. The summed E-state index contributed by atoms with van der Waals surface area (Å²) in [4.78, 5) is 10.8. The first-order valence-corrected chi connectivity index (χ1v) is 13.1. The molecule has 0 radical (unpaired) electrons. The van der Waals surface area contributed by atoms with E-state index in [1.54, 1.807) is 25.3 Å². The molecule has 1 N–H and O–H groups in total. The average Bonchev–Trinajstić information content (AvgIpc) is 2.99. The predicted molar refractivity (Wildman–Crippen MR) is 131 cm³/mol. The number of halogens is 2. The number of sulfone groups is 1. The largest absolute Gasteiger partial charge is 0.493 e. The van der Waals surface area contributed by atoms with Crippen LogP contribution in [0.2, 0.25) is 5.02 Å². The fraction of sp³-hybridized carbons (Fsp3) is 0.391. The van der Waals surface area contributed by atoms with Crippen molar-refractivity contribution in [2.24, 2.45) is 0 Å². The van der Waals surface area contributed by atoms with E-state index < -0.39 is 15.7 Å². The van der Waals surface area contributed by atoms with Gasteiger partial charge in [-0.25, -0.2) is 22.8 Å². The van der Waals surface area contributed by atoms with Crippen LogP contribution in [0.5, 0.6) is 11.5 Å². The predicted octanol–water partition coefficient (Wildman–Crippen LogP) is 4.06. The van der Waals surface area contributed by atoms with Gasteiger partial charge in [-0.15, -0.1) is 0 Å². The third-order valence-corrected chi connectivity index (χ3v) is 7.63. The van der Waals surface area contributed by atoms with Crippen molar-refractivity contribution >= 4 is 43.8 Å². The molecule has 182 valence electrons. The van der Waals surface area contributed by atoms with E-state index >= 15 is 0 Å². The van der Waals surface area contributed by atoms with Gasteiger partial charge in [0, 0.05) is 30.2 Å². The summed E-state index contributed by atoms with van der Waals surface area (Å²) in [6.45, 7) is 2.53. The molecule has 2 heterocycles. The van der Waals surface area contributed by atoms with Crippen LogP contribution in [0.1, 0.15) is 12.8 Å². The van der Waals surface area contributed by atoms with Crippen LogP contribution < -0.4 is 14.8 Å². The van der Waals surface area contributed by atoms with Crippen LogP contribution in [0.3, 0.4) is 0 Å². The van der Waals surface area contributed by atoms with E-state index in [-0.39, 0.29) is 16.5 Å². The van der Waals surface area contributed by atoms with Crippen molar-refractivity contribution in [2.75, 3.05) is 50.2 Å². The number of fused-ring (bicyclic) bond motifs is 1. The van der Waals surface area contributed by atoms with Gasteiger partial charge in [0.15, 0.2) is 21.3 Å². The van der Waals surface area contributed by atoms with Crippen LogP contribution in [0.4, 0.5) is 15.9 Å². The van der Waals surface area contributed by atoms with Crippen LogP contribution in [-0.4, -0.2) is 68.1 Å². The Kier molecular flexibility index (Phi) is 7.70. The highest BCUT2D eigenvalue weighted by Gasteiger charge is 2.19. The fourth-order valence-corrected chi connectivity index (χ4v) is 5.32. The number of rotatable bonds is 8. The zero-order valence-electron chi connectivity index (χ0n) is 18.8. The quantitative estimate of drug-likeness (QED) is 0.455. The molecule has 1 aliphatic heterocycles. The lowest BCUT2D eigenvalue weighted by Gasteiger charge is -2.19. The number of hydrogen-bond donors (Lipinski definition) is 1. The Labute approximate surface area is 203 Å². The highest BCUT2D eigenvalue weighted by molar-refractivity contribution is 7.91. The van der Waals surface area contributed by atoms with Crippen molar-refractivity contribution in [1.82, 2.24) is 14.9 Å². The summed E-state index contributed by atoms with van der Waals surface area (Å²) in [7, 11) is -1.36. The number of benzene rings is 2. The van der Waals surface area contributed by atoms with Gasteiger partial charge in [-0.1, -0.05) is 11.6 Å². The summed E-state index contributed by atoms with van der Waals surface area (Å²) in [6.07, 6.45) is 2.83. The number of aromatic nitrogens is 2. The zero-order valence-corrected chi connectivity index (χ0v) is 20.3. The molecule has 3 aromatic rings. The summed E-state index contributed by atoms with van der Waals surface area (Å²) >= 11 is 5.90. The van der Waals surface area contributed by atoms with Crippen molar-refractivity contribution in [2.45, 2.75) is 12.8 Å². The average molecular weight is 509 g/mol. The first-order chi connectivity index (χ1) is 16.3. The van der Waals surface area contributed by atoms with Gasteiger partial charge < -0.3 is 19.7 Å².